The Bertz CT molecular complexity index is 704. The van der Waals surface area contributed by atoms with Crippen molar-refractivity contribution in [3.8, 4) is 5.69 Å². The van der Waals surface area contributed by atoms with E-state index in [9.17, 15) is 22.4 Å². The normalized spacial score (nSPS) is 12.0. The molecule has 1 N–H and O–H groups in total. The summed E-state index contributed by atoms with van der Waals surface area (Å²) in [6, 6.07) is 3.58. The van der Waals surface area contributed by atoms with Crippen molar-refractivity contribution >= 4 is 12.0 Å². The minimum Gasteiger partial charge on any atom is -0.478 e. The summed E-state index contributed by atoms with van der Waals surface area (Å²) in [7, 11) is 0. The van der Waals surface area contributed by atoms with Crippen LogP contribution in [0.15, 0.2) is 36.7 Å². The van der Waals surface area contributed by atoms with Gasteiger partial charge in [-0.15, -0.1) is 0 Å². The molecule has 0 aliphatic rings. The molecule has 0 aliphatic carbocycles. The van der Waals surface area contributed by atoms with E-state index in [4.69, 9.17) is 5.11 Å². The van der Waals surface area contributed by atoms with E-state index in [0.29, 0.717) is 12.4 Å². The van der Waals surface area contributed by atoms with Crippen LogP contribution in [0.3, 0.4) is 0 Å². The number of alkyl halides is 3. The molecular formula is C13H8F4N2O2. The predicted molar refractivity (Wildman–Crippen MR) is 65.2 cm³/mol. The van der Waals surface area contributed by atoms with Crippen molar-refractivity contribution in [1.82, 2.24) is 9.78 Å². The largest absolute Gasteiger partial charge is 0.478 e. The first-order valence-electron chi connectivity index (χ1n) is 5.60. The van der Waals surface area contributed by atoms with Crippen LogP contribution in [-0.4, -0.2) is 20.9 Å². The average Bonchev–Trinajstić information content (AvgIpc) is 2.85. The molecule has 0 unspecified atom stereocenters. The molecule has 0 aliphatic heterocycles. The van der Waals surface area contributed by atoms with Crippen LogP contribution in [0.1, 0.15) is 11.1 Å². The third kappa shape index (κ3) is 3.47. The van der Waals surface area contributed by atoms with Crippen LogP contribution >= 0.6 is 0 Å². The molecule has 0 saturated carbocycles. The second kappa shape index (κ2) is 5.39. The highest BCUT2D eigenvalue weighted by molar-refractivity contribution is 5.85. The highest BCUT2D eigenvalue weighted by Gasteiger charge is 2.32. The SMILES string of the molecule is O=C(O)C=Cc1ccc(-n2cc(C(F)(F)F)cn2)c(F)c1. The van der Waals surface area contributed by atoms with Gasteiger partial charge in [0, 0.05) is 12.3 Å². The van der Waals surface area contributed by atoms with Crippen LogP contribution in [0, 0.1) is 5.82 Å². The van der Waals surface area contributed by atoms with Gasteiger partial charge in [-0.2, -0.15) is 18.3 Å². The number of carbonyl (C=O) groups is 1. The molecule has 0 saturated heterocycles. The minimum absolute atomic E-state index is 0.169. The number of carboxylic acids is 1. The Labute approximate surface area is 115 Å². The molecule has 0 atom stereocenters. The second-order valence-corrected chi connectivity index (χ2v) is 4.05. The first kappa shape index (κ1) is 14.8. The third-order valence-electron chi connectivity index (χ3n) is 2.55. The van der Waals surface area contributed by atoms with Gasteiger partial charge in [0.25, 0.3) is 0 Å². The van der Waals surface area contributed by atoms with Gasteiger partial charge in [-0.3, -0.25) is 0 Å². The molecule has 0 radical (unpaired) electrons. The van der Waals surface area contributed by atoms with Gasteiger partial charge in [0.15, 0.2) is 0 Å². The molecule has 2 aromatic rings. The second-order valence-electron chi connectivity index (χ2n) is 4.05. The van der Waals surface area contributed by atoms with E-state index in [1.807, 2.05) is 0 Å². The maximum absolute atomic E-state index is 13.8. The van der Waals surface area contributed by atoms with Crippen molar-refractivity contribution in [1.29, 1.82) is 0 Å². The molecule has 1 heterocycles. The van der Waals surface area contributed by atoms with E-state index < -0.39 is 23.5 Å². The molecular weight excluding hydrogens is 292 g/mol. The molecule has 8 heteroatoms. The molecule has 0 amide bonds. The molecule has 2 rings (SSSR count). The highest BCUT2D eigenvalue weighted by atomic mass is 19.4. The van der Waals surface area contributed by atoms with Gasteiger partial charge in [0.1, 0.15) is 11.5 Å². The maximum atomic E-state index is 13.8. The number of halogens is 4. The van der Waals surface area contributed by atoms with E-state index in [-0.39, 0.29) is 11.3 Å². The first-order chi connectivity index (χ1) is 9.77. The van der Waals surface area contributed by atoms with Crippen LogP contribution in [0.5, 0.6) is 0 Å². The smallest absolute Gasteiger partial charge is 0.419 e. The number of benzene rings is 1. The Kier molecular flexibility index (Phi) is 3.79. The molecule has 0 bridgehead atoms. The Morgan fingerprint density at radius 2 is 2.05 bits per heavy atom. The Hall–Kier alpha value is -2.64. The first-order valence-corrected chi connectivity index (χ1v) is 5.60. The summed E-state index contributed by atoms with van der Waals surface area (Å²) in [6.07, 6.45) is -1.30. The van der Waals surface area contributed by atoms with Gasteiger partial charge in [-0.05, 0) is 23.8 Å². The molecule has 1 aromatic heterocycles. The summed E-state index contributed by atoms with van der Waals surface area (Å²) in [5.41, 5.74) is -0.892. The summed E-state index contributed by atoms with van der Waals surface area (Å²) in [5.74, 6) is -2.01. The summed E-state index contributed by atoms with van der Waals surface area (Å²) in [4.78, 5) is 10.3. The third-order valence-corrected chi connectivity index (χ3v) is 2.55. The number of hydrogen-bond donors (Lipinski definition) is 1. The van der Waals surface area contributed by atoms with Gasteiger partial charge in [0.2, 0.25) is 0 Å². The number of aliphatic carboxylic acids is 1. The molecule has 21 heavy (non-hydrogen) atoms. The molecule has 4 nitrogen and oxygen atoms in total. The number of hydrogen-bond acceptors (Lipinski definition) is 2. The van der Waals surface area contributed by atoms with Crippen LogP contribution in [-0.2, 0) is 11.0 Å². The maximum Gasteiger partial charge on any atom is 0.419 e. The summed E-state index contributed by atoms with van der Waals surface area (Å²) < 4.78 is 51.9. The van der Waals surface area contributed by atoms with E-state index in [0.717, 1.165) is 16.8 Å². The summed E-state index contributed by atoms with van der Waals surface area (Å²) in [6.45, 7) is 0. The van der Waals surface area contributed by atoms with Crippen molar-refractivity contribution < 1.29 is 27.5 Å². The van der Waals surface area contributed by atoms with Gasteiger partial charge >= 0.3 is 12.1 Å². The molecule has 0 fully saturated rings. The van der Waals surface area contributed by atoms with E-state index in [1.165, 1.54) is 18.2 Å². The fraction of sp³-hybridized carbons (Fsp3) is 0.0769. The number of rotatable bonds is 3. The van der Waals surface area contributed by atoms with E-state index in [2.05, 4.69) is 5.10 Å². The van der Waals surface area contributed by atoms with Crippen molar-refractivity contribution in [2.24, 2.45) is 0 Å². The number of carboxylic acid groups (broad SMARTS) is 1. The lowest BCUT2D eigenvalue weighted by molar-refractivity contribution is -0.137. The van der Waals surface area contributed by atoms with Crippen molar-refractivity contribution in [2.75, 3.05) is 0 Å². The zero-order chi connectivity index (χ0) is 15.6. The van der Waals surface area contributed by atoms with Gasteiger partial charge < -0.3 is 5.11 Å². The summed E-state index contributed by atoms with van der Waals surface area (Å²) >= 11 is 0. The Morgan fingerprint density at radius 3 is 2.57 bits per heavy atom. The van der Waals surface area contributed by atoms with E-state index in [1.54, 1.807) is 0 Å². The lowest BCUT2D eigenvalue weighted by atomic mass is 10.2. The number of nitrogens with zero attached hydrogens (tertiary/aromatic N) is 2. The molecule has 110 valence electrons. The number of aromatic nitrogens is 2. The fourth-order valence-corrected chi connectivity index (χ4v) is 1.58. The Balaban J connectivity index is 2.33. The van der Waals surface area contributed by atoms with Crippen molar-refractivity contribution in [3.63, 3.8) is 0 Å². The lowest BCUT2D eigenvalue weighted by Crippen LogP contribution is -2.03. The topological polar surface area (TPSA) is 55.1 Å². The van der Waals surface area contributed by atoms with Crippen LogP contribution in [0.2, 0.25) is 0 Å². The zero-order valence-corrected chi connectivity index (χ0v) is 10.3. The van der Waals surface area contributed by atoms with Crippen LogP contribution in [0.4, 0.5) is 17.6 Å². The van der Waals surface area contributed by atoms with E-state index >= 15 is 0 Å². The quantitative estimate of drug-likeness (QED) is 0.700. The van der Waals surface area contributed by atoms with Gasteiger partial charge in [0.05, 0.1) is 11.8 Å². The molecule has 0 spiro atoms. The monoisotopic (exact) mass is 300 g/mol. The van der Waals surface area contributed by atoms with Gasteiger partial charge in [-0.1, -0.05) is 6.07 Å². The average molecular weight is 300 g/mol. The van der Waals surface area contributed by atoms with Crippen LogP contribution < -0.4 is 0 Å². The fourth-order valence-electron chi connectivity index (χ4n) is 1.58. The van der Waals surface area contributed by atoms with Crippen molar-refractivity contribution in [3.05, 3.63) is 53.6 Å². The summed E-state index contributed by atoms with van der Waals surface area (Å²) in [5, 5.41) is 11.9. The van der Waals surface area contributed by atoms with Crippen LogP contribution in [0.25, 0.3) is 11.8 Å². The predicted octanol–water partition coefficient (Wildman–Crippen LogP) is 3.13. The highest BCUT2D eigenvalue weighted by Crippen LogP contribution is 2.29. The zero-order valence-electron chi connectivity index (χ0n) is 10.3. The van der Waals surface area contributed by atoms with Crippen molar-refractivity contribution in [2.45, 2.75) is 6.18 Å². The van der Waals surface area contributed by atoms with Gasteiger partial charge in [-0.25, -0.2) is 13.9 Å². The minimum atomic E-state index is -4.56. The lowest BCUT2D eigenvalue weighted by Gasteiger charge is -2.04. The Morgan fingerprint density at radius 1 is 1.33 bits per heavy atom. The molecule has 1 aromatic carbocycles. The standard InChI is InChI=1S/C13H8F4N2O2/c14-10-5-8(2-4-12(20)21)1-3-11(10)19-7-9(6-18-19)13(15,16)17/h1-7H,(H,20,21).